The zero-order valence-electron chi connectivity index (χ0n) is 11.6. The van der Waals surface area contributed by atoms with E-state index in [0.29, 0.717) is 18.2 Å². The van der Waals surface area contributed by atoms with E-state index in [4.69, 9.17) is 5.73 Å². The van der Waals surface area contributed by atoms with Crippen LogP contribution < -0.4 is 5.73 Å². The standard InChI is InChI=1S/C15H17N3OS2/c16-7-13-17-11(8-21-13)15(19)18-5-3-12-10(4-6-20-12)14(18)9-1-2-9/h4,6,8-9,14H,1-3,5,7,16H2. The number of hydrogen-bond donors (Lipinski definition) is 1. The largest absolute Gasteiger partial charge is 0.330 e. The Bertz CT molecular complexity index is 674. The summed E-state index contributed by atoms with van der Waals surface area (Å²) < 4.78 is 0. The number of amides is 1. The first-order valence-electron chi connectivity index (χ1n) is 7.29. The number of nitrogens with two attached hydrogens (primary N) is 1. The van der Waals surface area contributed by atoms with Gasteiger partial charge in [0.15, 0.2) is 0 Å². The molecule has 21 heavy (non-hydrogen) atoms. The molecular weight excluding hydrogens is 302 g/mol. The van der Waals surface area contributed by atoms with E-state index in [9.17, 15) is 4.79 Å². The number of nitrogens with zero attached hydrogens (tertiary/aromatic N) is 2. The van der Waals surface area contributed by atoms with Crippen LogP contribution >= 0.6 is 22.7 Å². The fraction of sp³-hybridized carbons (Fsp3) is 0.467. The molecule has 2 aromatic heterocycles. The van der Waals surface area contributed by atoms with E-state index >= 15 is 0 Å². The molecule has 4 nitrogen and oxygen atoms in total. The van der Waals surface area contributed by atoms with Crippen LogP contribution in [0.15, 0.2) is 16.8 Å². The van der Waals surface area contributed by atoms with E-state index in [1.54, 1.807) is 0 Å². The van der Waals surface area contributed by atoms with Crippen LogP contribution in [0.5, 0.6) is 0 Å². The lowest BCUT2D eigenvalue weighted by atomic mass is 9.95. The summed E-state index contributed by atoms with van der Waals surface area (Å²) in [5, 5.41) is 4.83. The highest BCUT2D eigenvalue weighted by molar-refractivity contribution is 7.10. The van der Waals surface area contributed by atoms with Gasteiger partial charge in [-0.2, -0.15) is 0 Å². The number of carbonyl (C=O) groups excluding carboxylic acids is 1. The summed E-state index contributed by atoms with van der Waals surface area (Å²) in [6.45, 7) is 1.21. The molecule has 2 aliphatic rings. The lowest BCUT2D eigenvalue weighted by Gasteiger charge is -2.35. The number of thiazole rings is 1. The van der Waals surface area contributed by atoms with Gasteiger partial charge in [0.2, 0.25) is 0 Å². The number of carbonyl (C=O) groups is 1. The van der Waals surface area contributed by atoms with E-state index in [1.165, 1.54) is 34.6 Å². The third-order valence-corrected chi connectivity index (χ3v) is 6.16. The van der Waals surface area contributed by atoms with Crippen LogP contribution in [0.2, 0.25) is 0 Å². The van der Waals surface area contributed by atoms with Gasteiger partial charge in [0.25, 0.3) is 5.91 Å². The Hall–Kier alpha value is -1.24. The Morgan fingerprint density at radius 3 is 3.00 bits per heavy atom. The summed E-state index contributed by atoms with van der Waals surface area (Å²) in [6.07, 6.45) is 3.43. The number of fused-ring (bicyclic) bond motifs is 1. The molecule has 1 amide bonds. The molecular formula is C15H17N3OS2. The summed E-state index contributed by atoms with van der Waals surface area (Å²) in [7, 11) is 0. The van der Waals surface area contributed by atoms with Crippen LogP contribution in [0.1, 0.15) is 44.8 Å². The Morgan fingerprint density at radius 2 is 2.29 bits per heavy atom. The molecule has 0 radical (unpaired) electrons. The van der Waals surface area contributed by atoms with Crippen molar-refractivity contribution in [3.8, 4) is 0 Å². The SMILES string of the molecule is NCc1nc(C(=O)N2CCc3sccc3C2C2CC2)cs1. The van der Waals surface area contributed by atoms with E-state index in [0.717, 1.165) is 18.0 Å². The van der Waals surface area contributed by atoms with E-state index in [1.807, 2.05) is 21.6 Å². The summed E-state index contributed by atoms with van der Waals surface area (Å²) in [5.41, 5.74) is 7.53. The smallest absolute Gasteiger partial charge is 0.273 e. The van der Waals surface area contributed by atoms with Crippen molar-refractivity contribution < 1.29 is 4.79 Å². The minimum Gasteiger partial charge on any atom is -0.330 e. The van der Waals surface area contributed by atoms with Crippen LogP contribution in [0.25, 0.3) is 0 Å². The van der Waals surface area contributed by atoms with E-state index in [-0.39, 0.29) is 11.9 Å². The highest BCUT2D eigenvalue weighted by Crippen LogP contribution is 2.48. The summed E-state index contributed by atoms with van der Waals surface area (Å²) in [6, 6.07) is 2.46. The van der Waals surface area contributed by atoms with Gasteiger partial charge in [-0.3, -0.25) is 4.79 Å². The molecule has 0 aromatic carbocycles. The normalized spacial score (nSPS) is 21.4. The molecule has 2 N–H and O–H groups in total. The maximum atomic E-state index is 12.8. The average Bonchev–Trinajstić information content (AvgIpc) is 3.04. The molecule has 2 aromatic rings. The molecule has 1 unspecified atom stereocenters. The van der Waals surface area contributed by atoms with Gasteiger partial charge in [-0.25, -0.2) is 4.98 Å². The minimum absolute atomic E-state index is 0.0692. The van der Waals surface area contributed by atoms with Gasteiger partial charge in [0.1, 0.15) is 10.7 Å². The molecule has 1 aliphatic carbocycles. The Morgan fingerprint density at radius 1 is 1.43 bits per heavy atom. The molecule has 0 spiro atoms. The molecule has 110 valence electrons. The van der Waals surface area contributed by atoms with Crippen molar-refractivity contribution in [3.05, 3.63) is 38.0 Å². The van der Waals surface area contributed by atoms with Crippen molar-refractivity contribution in [3.63, 3.8) is 0 Å². The van der Waals surface area contributed by atoms with Crippen molar-refractivity contribution >= 4 is 28.6 Å². The van der Waals surface area contributed by atoms with Crippen molar-refractivity contribution in [2.45, 2.75) is 31.8 Å². The lowest BCUT2D eigenvalue weighted by Crippen LogP contribution is -2.40. The van der Waals surface area contributed by atoms with E-state index < -0.39 is 0 Å². The van der Waals surface area contributed by atoms with Crippen LogP contribution in [0, 0.1) is 5.92 Å². The van der Waals surface area contributed by atoms with Crippen molar-refractivity contribution in [1.29, 1.82) is 0 Å². The second-order valence-corrected chi connectivity index (χ2v) is 7.60. The second-order valence-electron chi connectivity index (χ2n) is 5.66. The molecule has 0 bridgehead atoms. The zero-order chi connectivity index (χ0) is 14.4. The van der Waals surface area contributed by atoms with Crippen molar-refractivity contribution in [1.82, 2.24) is 9.88 Å². The maximum Gasteiger partial charge on any atom is 0.273 e. The molecule has 6 heteroatoms. The first kappa shape index (κ1) is 13.4. The fourth-order valence-corrected chi connectivity index (χ4v) is 4.71. The third-order valence-electron chi connectivity index (χ3n) is 4.29. The molecule has 1 aliphatic heterocycles. The quantitative estimate of drug-likeness (QED) is 0.946. The Labute approximate surface area is 131 Å². The highest BCUT2D eigenvalue weighted by Gasteiger charge is 2.42. The first-order chi connectivity index (χ1) is 10.3. The van der Waals surface area contributed by atoms with Gasteiger partial charge < -0.3 is 10.6 Å². The summed E-state index contributed by atoms with van der Waals surface area (Å²) >= 11 is 3.30. The van der Waals surface area contributed by atoms with Gasteiger partial charge in [-0.15, -0.1) is 22.7 Å². The number of aromatic nitrogens is 1. The van der Waals surface area contributed by atoms with Crippen LogP contribution in [0.4, 0.5) is 0 Å². The number of hydrogen-bond acceptors (Lipinski definition) is 5. The summed E-state index contributed by atoms with van der Waals surface area (Å²) in [5.74, 6) is 0.704. The van der Waals surface area contributed by atoms with Crippen LogP contribution in [0.3, 0.4) is 0 Å². The second kappa shape index (κ2) is 5.19. The number of thiophene rings is 1. The average molecular weight is 319 g/mol. The van der Waals surface area contributed by atoms with Gasteiger partial charge in [0, 0.05) is 23.3 Å². The van der Waals surface area contributed by atoms with E-state index in [2.05, 4.69) is 16.4 Å². The molecule has 1 atom stereocenters. The third kappa shape index (κ3) is 2.31. The molecule has 4 rings (SSSR count). The zero-order valence-corrected chi connectivity index (χ0v) is 13.3. The number of rotatable bonds is 3. The van der Waals surface area contributed by atoms with Crippen molar-refractivity contribution in [2.24, 2.45) is 11.7 Å². The fourth-order valence-electron chi connectivity index (χ4n) is 3.14. The predicted molar refractivity (Wildman–Crippen MR) is 84.5 cm³/mol. The predicted octanol–water partition coefficient (Wildman–Crippen LogP) is 2.81. The topological polar surface area (TPSA) is 59.2 Å². The lowest BCUT2D eigenvalue weighted by molar-refractivity contribution is 0.0631. The monoisotopic (exact) mass is 319 g/mol. The minimum atomic E-state index is 0.0692. The molecule has 0 saturated heterocycles. The summed E-state index contributed by atoms with van der Waals surface area (Å²) in [4.78, 5) is 20.7. The molecule has 3 heterocycles. The maximum absolute atomic E-state index is 12.8. The van der Waals surface area contributed by atoms with Gasteiger partial charge in [-0.1, -0.05) is 0 Å². The van der Waals surface area contributed by atoms with Gasteiger partial charge >= 0.3 is 0 Å². The van der Waals surface area contributed by atoms with Crippen LogP contribution in [-0.2, 0) is 13.0 Å². The van der Waals surface area contributed by atoms with Gasteiger partial charge in [-0.05, 0) is 42.2 Å². The highest BCUT2D eigenvalue weighted by atomic mass is 32.1. The Kier molecular flexibility index (Phi) is 3.32. The first-order valence-corrected chi connectivity index (χ1v) is 9.05. The van der Waals surface area contributed by atoms with Gasteiger partial charge in [0.05, 0.1) is 6.04 Å². The molecule has 1 saturated carbocycles. The Balaban J connectivity index is 1.66. The van der Waals surface area contributed by atoms with Crippen molar-refractivity contribution in [2.75, 3.05) is 6.54 Å². The van der Waals surface area contributed by atoms with Crippen LogP contribution in [-0.4, -0.2) is 22.3 Å². The molecule has 1 fully saturated rings.